The zero-order valence-corrected chi connectivity index (χ0v) is 10.1. The maximum Gasteiger partial charge on any atom is 0.296 e. The van der Waals surface area contributed by atoms with Gasteiger partial charge in [-0.05, 0) is 18.6 Å². The summed E-state index contributed by atoms with van der Waals surface area (Å²) in [6.07, 6.45) is 0.538. The molecule has 0 atom stereocenters. The van der Waals surface area contributed by atoms with Crippen molar-refractivity contribution in [2.45, 2.75) is 13.3 Å². The minimum Gasteiger partial charge on any atom is -0.381 e. The van der Waals surface area contributed by atoms with Gasteiger partial charge in [-0.2, -0.15) is 5.26 Å². The molecule has 0 aliphatic heterocycles. The Balaban J connectivity index is 2.68. The number of rotatable bonds is 3. The molecule has 8 heteroatoms. The van der Waals surface area contributed by atoms with Crippen molar-refractivity contribution in [2.75, 3.05) is 5.73 Å². The van der Waals surface area contributed by atoms with Gasteiger partial charge in [-0.25, -0.2) is 4.68 Å². The number of benzene rings is 1. The maximum atomic E-state index is 11.1. The fourth-order valence-electron chi connectivity index (χ4n) is 1.76. The second-order valence-corrected chi connectivity index (χ2v) is 3.76. The van der Waals surface area contributed by atoms with Crippen LogP contribution in [0, 0.1) is 21.4 Å². The van der Waals surface area contributed by atoms with Crippen molar-refractivity contribution in [2.24, 2.45) is 0 Å². The Morgan fingerprint density at radius 1 is 1.58 bits per heavy atom. The van der Waals surface area contributed by atoms with Crippen LogP contribution in [0.4, 0.5) is 11.5 Å². The summed E-state index contributed by atoms with van der Waals surface area (Å²) in [4.78, 5) is 10.5. The Hall–Kier alpha value is -2.95. The van der Waals surface area contributed by atoms with E-state index in [4.69, 9.17) is 11.0 Å². The van der Waals surface area contributed by atoms with Crippen LogP contribution in [0.15, 0.2) is 18.2 Å². The number of nitrogens with zero attached hydrogens (tertiary/aromatic N) is 5. The van der Waals surface area contributed by atoms with Crippen molar-refractivity contribution in [1.29, 1.82) is 5.26 Å². The summed E-state index contributed by atoms with van der Waals surface area (Å²) < 4.78 is 1.33. The number of anilines is 1. The molecule has 0 aliphatic rings. The average Bonchev–Trinajstić information content (AvgIpc) is 2.78. The molecular formula is C11H10N6O2. The van der Waals surface area contributed by atoms with Crippen molar-refractivity contribution in [1.82, 2.24) is 15.0 Å². The van der Waals surface area contributed by atoms with Crippen molar-refractivity contribution >= 4 is 11.5 Å². The molecule has 2 rings (SSSR count). The summed E-state index contributed by atoms with van der Waals surface area (Å²) >= 11 is 0. The number of hydrogen-bond donors (Lipinski definition) is 1. The topological polar surface area (TPSA) is 124 Å². The van der Waals surface area contributed by atoms with Gasteiger partial charge < -0.3 is 5.73 Å². The Morgan fingerprint density at radius 3 is 2.89 bits per heavy atom. The van der Waals surface area contributed by atoms with Gasteiger partial charge in [-0.3, -0.25) is 10.1 Å². The number of nitrogens with two attached hydrogens (primary N) is 1. The number of nitro benzene ring substituents is 1. The standard InChI is InChI=1S/C11H10N6O2/c1-2-8-11(13)14-15-16(8)9-4-3-7(6-12)5-10(9)17(18)19/h3-5H,2,13H2,1H3. The molecule has 8 nitrogen and oxygen atoms in total. The Labute approximate surface area is 108 Å². The third-order valence-corrected chi connectivity index (χ3v) is 2.66. The number of aromatic nitrogens is 3. The molecular weight excluding hydrogens is 248 g/mol. The number of nitro groups is 1. The molecule has 0 saturated heterocycles. The second kappa shape index (κ2) is 4.73. The van der Waals surface area contributed by atoms with Crippen LogP contribution in [0.1, 0.15) is 18.2 Å². The van der Waals surface area contributed by atoms with Crippen LogP contribution < -0.4 is 5.73 Å². The van der Waals surface area contributed by atoms with Gasteiger partial charge in [-0.1, -0.05) is 12.1 Å². The van der Waals surface area contributed by atoms with Gasteiger partial charge in [0.1, 0.15) is 5.69 Å². The molecule has 96 valence electrons. The minimum absolute atomic E-state index is 0.210. The Kier molecular flexibility index (Phi) is 3.12. The smallest absolute Gasteiger partial charge is 0.296 e. The van der Waals surface area contributed by atoms with Crippen LogP contribution in [0.2, 0.25) is 0 Å². The first-order valence-electron chi connectivity index (χ1n) is 5.47. The molecule has 0 amide bonds. The summed E-state index contributed by atoms with van der Waals surface area (Å²) in [5.74, 6) is 0.237. The van der Waals surface area contributed by atoms with Crippen LogP contribution in [-0.2, 0) is 6.42 Å². The third kappa shape index (κ3) is 2.09. The minimum atomic E-state index is -0.562. The van der Waals surface area contributed by atoms with Crippen LogP contribution >= 0.6 is 0 Å². The van der Waals surface area contributed by atoms with Crippen LogP contribution in [0.25, 0.3) is 5.69 Å². The van der Waals surface area contributed by atoms with Crippen molar-refractivity contribution < 1.29 is 4.92 Å². The van der Waals surface area contributed by atoms with E-state index in [2.05, 4.69) is 10.3 Å². The Morgan fingerprint density at radius 2 is 2.32 bits per heavy atom. The molecule has 1 heterocycles. The van der Waals surface area contributed by atoms with E-state index < -0.39 is 4.92 Å². The molecule has 0 fully saturated rings. The molecule has 0 aliphatic carbocycles. The average molecular weight is 258 g/mol. The second-order valence-electron chi connectivity index (χ2n) is 3.76. The van der Waals surface area contributed by atoms with E-state index in [9.17, 15) is 10.1 Å². The van der Waals surface area contributed by atoms with E-state index in [1.807, 2.05) is 13.0 Å². The lowest BCUT2D eigenvalue weighted by atomic mass is 10.2. The molecule has 1 aromatic heterocycles. The normalized spacial score (nSPS) is 10.1. The van der Waals surface area contributed by atoms with E-state index in [-0.39, 0.29) is 22.8 Å². The fourth-order valence-corrected chi connectivity index (χ4v) is 1.76. The first kappa shape index (κ1) is 12.5. The maximum absolute atomic E-state index is 11.1. The predicted octanol–water partition coefficient (Wildman–Crippen LogP) is 1.19. The lowest BCUT2D eigenvalue weighted by molar-refractivity contribution is -0.384. The van der Waals surface area contributed by atoms with Gasteiger partial charge in [0.05, 0.1) is 22.2 Å². The van der Waals surface area contributed by atoms with Crippen molar-refractivity contribution in [3.63, 3.8) is 0 Å². The highest BCUT2D eigenvalue weighted by Crippen LogP contribution is 2.26. The lowest BCUT2D eigenvalue weighted by Gasteiger charge is -2.05. The first-order valence-corrected chi connectivity index (χ1v) is 5.47. The Bertz CT molecular complexity index is 685. The molecule has 0 saturated carbocycles. The fraction of sp³-hybridized carbons (Fsp3) is 0.182. The van der Waals surface area contributed by atoms with Gasteiger partial charge in [-0.15, -0.1) is 5.10 Å². The summed E-state index contributed by atoms with van der Waals surface area (Å²) in [7, 11) is 0. The SMILES string of the molecule is CCc1c(N)nnn1-c1ccc(C#N)cc1[N+](=O)[O-]. The van der Waals surface area contributed by atoms with E-state index in [1.165, 1.54) is 22.9 Å². The van der Waals surface area contributed by atoms with E-state index in [0.717, 1.165) is 0 Å². The number of hydrogen-bond acceptors (Lipinski definition) is 6. The van der Waals surface area contributed by atoms with Crippen molar-refractivity contribution in [3.05, 3.63) is 39.6 Å². The molecule has 0 bridgehead atoms. The third-order valence-electron chi connectivity index (χ3n) is 2.66. The quantitative estimate of drug-likeness (QED) is 0.651. The van der Waals surface area contributed by atoms with E-state index >= 15 is 0 Å². The van der Waals surface area contributed by atoms with E-state index in [1.54, 1.807) is 0 Å². The first-order chi connectivity index (χ1) is 9.08. The van der Waals surface area contributed by atoms with Crippen LogP contribution in [0.3, 0.4) is 0 Å². The molecule has 0 spiro atoms. The predicted molar refractivity (Wildman–Crippen MR) is 66.5 cm³/mol. The number of nitrogen functional groups attached to an aromatic ring is 1. The highest BCUT2D eigenvalue weighted by atomic mass is 16.6. The zero-order chi connectivity index (χ0) is 14.0. The summed E-state index contributed by atoms with van der Waals surface area (Å²) in [6.45, 7) is 1.85. The summed E-state index contributed by atoms with van der Waals surface area (Å²) in [6, 6.07) is 6.01. The summed E-state index contributed by atoms with van der Waals surface area (Å²) in [5, 5.41) is 27.4. The molecule has 2 N–H and O–H groups in total. The van der Waals surface area contributed by atoms with Crippen LogP contribution in [0.5, 0.6) is 0 Å². The monoisotopic (exact) mass is 258 g/mol. The van der Waals surface area contributed by atoms with Gasteiger partial charge in [0, 0.05) is 6.07 Å². The number of nitriles is 1. The lowest BCUT2D eigenvalue weighted by Crippen LogP contribution is -2.06. The van der Waals surface area contributed by atoms with E-state index in [0.29, 0.717) is 12.1 Å². The van der Waals surface area contributed by atoms with Crippen molar-refractivity contribution in [3.8, 4) is 11.8 Å². The zero-order valence-electron chi connectivity index (χ0n) is 10.1. The van der Waals surface area contributed by atoms with Gasteiger partial charge >= 0.3 is 0 Å². The highest BCUT2D eigenvalue weighted by Gasteiger charge is 2.20. The van der Waals surface area contributed by atoms with Crippen LogP contribution in [-0.4, -0.2) is 19.9 Å². The largest absolute Gasteiger partial charge is 0.381 e. The molecule has 2 aromatic rings. The molecule has 1 aromatic carbocycles. The molecule has 0 radical (unpaired) electrons. The summed E-state index contributed by atoms with van der Waals surface area (Å²) in [5.41, 5.74) is 6.49. The van der Waals surface area contributed by atoms with Gasteiger partial charge in [0.2, 0.25) is 0 Å². The van der Waals surface area contributed by atoms with Gasteiger partial charge in [0.25, 0.3) is 5.69 Å². The molecule has 19 heavy (non-hydrogen) atoms. The van der Waals surface area contributed by atoms with Gasteiger partial charge in [0.15, 0.2) is 5.82 Å². The molecule has 0 unspecified atom stereocenters. The highest BCUT2D eigenvalue weighted by molar-refractivity contribution is 5.57.